The van der Waals surface area contributed by atoms with Crippen LogP contribution in [0, 0.1) is 11.8 Å². The van der Waals surface area contributed by atoms with Crippen molar-refractivity contribution in [3.05, 3.63) is 42.2 Å². The van der Waals surface area contributed by atoms with Crippen molar-refractivity contribution in [3.8, 4) is 0 Å². The molecule has 0 radical (unpaired) electrons. The van der Waals surface area contributed by atoms with E-state index in [1.165, 1.54) is 17.6 Å². The minimum Gasteiger partial charge on any atom is -0.129 e. The molecule has 0 nitrogen and oxygen atoms in total. The smallest absolute Gasteiger partial charge is 0.0131 e. The summed E-state index contributed by atoms with van der Waals surface area (Å²) in [5, 5.41) is 0. The monoisotopic (exact) mass is 174 g/mol. The molecular formula is C13H18. The van der Waals surface area contributed by atoms with Gasteiger partial charge in [-0.05, 0) is 36.3 Å². The van der Waals surface area contributed by atoms with Crippen LogP contribution in [-0.2, 0) is 0 Å². The second-order valence-electron chi connectivity index (χ2n) is 3.77. The third-order valence-electron chi connectivity index (χ3n) is 2.72. The summed E-state index contributed by atoms with van der Waals surface area (Å²) >= 11 is 0. The molecule has 0 N–H and O–H groups in total. The number of hydrogen-bond donors (Lipinski definition) is 0. The van der Waals surface area contributed by atoms with Crippen molar-refractivity contribution in [2.45, 2.75) is 26.7 Å². The van der Waals surface area contributed by atoms with Gasteiger partial charge in [0.15, 0.2) is 0 Å². The van der Waals surface area contributed by atoms with Crippen LogP contribution in [0.2, 0.25) is 0 Å². The quantitative estimate of drug-likeness (QED) is 0.448. The topological polar surface area (TPSA) is 0 Å². The summed E-state index contributed by atoms with van der Waals surface area (Å²) < 4.78 is 0. The predicted molar refractivity (Wildman–Crippen MR) is 58.5 cm³/mol. The third-order valence-corrected chi connectivity index (χ3v) is 2.72. The maximum atomic E-state index is 4.09. The van der Waals surface area contributed by atoms with E-state index in [1.54, 1.807) is 0 Å². The van der Waals surface area contributed by atoms with Crippen LogP contribution in [0.15, 0.2) is 42.2 Å². The van der Waals surface area contributed by atoms with E-state index in [-0.39, 0.29) is 0 Å². The summed E-state index contributed by atoms with van der Waals surface area (Å²) in [7, 11) is 0. The summed E-state index contributed by atoms with van der Waals surface area (Å²) in [4.78, 5) is 0. The first-order valence-electron chi connectivity index (χ1n) is 4.94. The van der Waals surface area contributed by atoms with Crippen LogP contribution in [0.25, 0.3) is 0 Å². The standard InChI is InChI=1S/C13H18/c1-5-7-8-12(10(3)6-2)13-9-11(13)4/h7-8,11,13H,1,3,6,9H2,2,4H3. The molecule has 0 bridgehead atoms. The Kier molecular flexibility index (Phi) is 3.33. The fourth-order valence-corrected chi connectivity index (χ4v) is 1.61. The van der Waals surface area contributed by atoms with Crippen LogP contribution in [0.5, 0.6) is 0 Å². The highest BCUT2D eigenvalue weighted by Crippen LogP contribution is 2.46. The van der Waals surface area contributed by atoms with Crippen LogP contribution in [0.4, 0.5) is 0 Å². The maximum absolute atomic E-state index is 4.09. The van der Waals surface area contributed by atoms with Crippen LogP contribution in [-0.4, -0.2) is 0 Å². The predicted octanol–water partition coefficient (Wildman–Crippen LogP) is 3.88. The van der Waals surface area contributed by atoms with Crippen molar-refractivity contribution in [2.75, 3.05) is 0 Å². The van der Waals surface area contributed by atoms with Crippen molar-refractivity contribution in [1.29, 1.82) is 0 Å². The van der Waals surface area contributed by atoms with E-state index in [4.69, 9.17) is 0 Å². The van der Waals surface area contributed by atoms with Gasteiger partial charge in [0.25, 0.3) is 0 Å². The number of rotatable bonds is 4. The van der Waals surface area contributed by atoms with Crippen molar-refractivity contribution in [3.63, 3.8) is 0 Å². The van der Waals surface area contributed by atoms with E-state index in [1.807, 2.05) is 6.08 Å². The molecule has 1 aliphatic rings. The van der Waals surface area contributed by atoms with Gasteiger partial charge in [0, 0.05) is 0 Å². The molecule has 0 saturated heterocycles. The molecule has 0 aromatic carbocycles. The third kappa shape index (κ3) is 2.47. The van der Waals surface area contributed by atoms with E-state index in [0.717, 1.165) is 18.3 Å². The van der Waals surface area contributed by atoms with Gasteiger partial charge in [-0.3, -0.25) is 0 Å². The molecule has 0 amide bonds. The van der Waals surface area contributed by atoms with Crippen LogP contribution < -0.4 is 0 Å². The van der Waals surface area contributed by atoms with Crippen LogP contribution >= 0.6 is 0 Å². The van der Waals surface area contributed by atoms with E-state index < -0.39 is 0 Å². The first-order valence-corrected chi connectivity index (χ1v) is 4.94. The van der Waals surface area contributed by atoms with Gasteiger partial charge in [0.1, 0.15) is 0 Å². The molecule has 13 heavy (non-hydrogen) atoms. The van der Waals surface area contributed by atoms with Gasteiger partial charge >= 0.3 is 0 Å². The van der Waals surface area contributed by atoms with Gasteiger partial charge in [-0.25, -0.2) is 0 Å². The molecular weight excluding hydrogens is 156 g/mol. The Hall–Kier alpha value is -1.00. The fourth-order valence-electron chi connectivity index (χ4n) is 1.61. The van der Waals surface area contributed by atoms with Gasteiger partial charge < -0.3 is 0 Å². The zero-order valence-corrected chi connectivity index (χ0v) is 8.64. The van der Waals surface area contributed by atoms with Gasteiger partial charge in [-0.1, -0.05) is 38.7 Å². The summed E-state index contributed by atoms with van der Waals surface area (Å²) in [5.41, 5.74) is 5.46. The highest BCUT2D eigenvalue weighted by atomic mass is 14.4. The zero-order chi connectivity index (χ0) is 9.84. The molecule has 0 aromatic rings. The second-order valence-corrected chi connectivity index (χ2v) is 3.77. The molecule has 70 valence electrons. The molecule has 2 unspecified atom stereocenters. The van der Waals surface area contributed by atoms with E-state index in [0.29, 0.717) is 0 Å². The molecule has 0 aromatic heterocycles. The Morgan fingerprint density at radius 1 is 1.62 bits per heavy atom. The average molecular weight is 174 g/mol. The Bertz CT molecular complexity index is 274. The molecule has 1 aliphatic carbocycles. The first-order chi connectivity index (χ1) is 6.20. The maximum Gasteiger partial charge on any atom is -0.0131 e. The lowest BCUT2D eigenvalue weighted by Crippen LogP contribution is -1.91. The van der Waals surface area contributed by atoms with Gasteiger partial charge in [0.05, 0.1) is 0 Å². The highest BCUT2D eigenvalue weighted by molar-refractivity contribution is 5.36. The van der Waals surface area contributed by atoms with Gasteiger partial charge in [-0.15, -0.1) is 5.73 Å². The Morgan fingerprint density at radius 3 is 2.62 bits per heavy atom. The molecule has 0 heterocycles. The van der Waals surface area contributed by atoms with E-state index in [2.05, 4.69) is 38.8 Å². The summed E-state index contributed by atoms with van der Waals surface area (Å²) in [5.74, 6) is 1.59. The molecule has 1 saturated carbocycles. The minimum absolute atomic E-state index is 0.747. The highest BCUT2D eigenvalue weighted by Gasteiger charge is 2.35. The minimum atomic E-state index is 0.747. The van der Waals surface area contributed by atoms with Gasteiger partial charge in [0.2, 0.25) is 0 Å². The van der Waals surface area contributed by atoms with Gasteiger partial charge in [-0.2, -0.15) is 0 Å². The zero-order valence-electron chi connectivity index (χ0n) is 8.64. The number of allylic oxidation sites excluding steroid dienone is 4. The molecule has 0 aliphatic heterocycles. The summed E-state index contributed by atoms with van der Waals surface area (Å²) in [6.07, 6.45) is 6.37. The van der Waals surface area contributed by atoms with Crippen LogP contribution in [0.3, 0.4) is 0 Å². The Balaban J connectivity index is 2.76. The fraction of sp³-hybridized carbons (Fsp3) is 0.462. The summed E-state index contributed by atoms with van der Waals surface area (Å²) in [6, 6.07) is 0. The SMILES string of the molecule is C=C=CC=C(C(=C)CC)C1CC1C. The van der Waals surface area contributed by atoms with Crippen molar-refractivity contribution < 1.29 is 0 Å². The molecule has 0 heteroatoms. The van der Waals surface area contributed by atoms with Crippen molar-refractivity contribution in [1.82, 2.24) is 0 Å². The molecule has 1 rings (SSSR count). The molecule has 1 fully saturated rings. The lowest BCUT2D eigenvalue weighted by Gasteiger charge is -2.06. The number of hydrogen-bond acceptors (Lipinski definition) is 0. The average Bonchev–Trinajstić information content (AvgIpc) is 2.83. The normalized spacial score (nSPS) is 26.5. The lowest BCUT2D eigenvalue weighted by atomic mass is 9.99. The lowest BCUT2D eigenvalue weighted by molar-refractivity contribution is 0.851. The second kappa shape index (κ2) is 4.30. The molecule has 2 atom stereocenters. The first kappa shape index (κ1) is 10.1. The van der Waals surface area contributed by atoms with E-state index in [9.17, 15) is 0 Å². The largest absolute Gasteiger partial charge is 0.129 e. The molecule has 0 spiro atoms. The summed E-state index contributed by atoms with van der Waals surface area (Å²) in [6.45, 7) is 12.1. The van der Waals surface area contributed by atoms with Crippen molar-refractivity contribution in [2.24, 2.45) is 11.8 Å². The van der Waals surface area contributed by atoms with Crippen molar-refractivity contribution >= 4 is 0 Å². The Morgan fingerprint density at radius 2 is 2.23 bits per heavy atom. The van der Waals surface area contributed by atoms with Crippen LogP contribution in [0.1, 0.15) is 26.7 Å². The Labute approximate surface area is 81.4 Å². The van der Waals surface area contributed by atoms with E-state index >= 15 is 0 Å².